The lowest BCUT2D eigenvalue weighted by atomic mass is 10.3. The zero-order chi connectivity index (χ0) is 8.10. The average molecular weight is 151 g/mol. The van der Waals surface area contributed by atoms with Crippen molar-refractivity contribution in [2.75, 3.05) is 14.1 Å². The molecule has 0 aromatic rings. The van der Waals surface area contributed by atoms with Gasteiger partial charge in [0.05, 0.1) is 0 Å². The van der Waals surface area contributed by atoms with Crippen molar-refractivity contribution in [1.29, 1.82) is 0 Å². The fourth-order valence-corrected chi connectivity index (χ4v) is 0.860. The highest BCUT2D eigenvalue weighted by molar-refractivity contribution is 5.19. The summed E-state index contributed by atoms with van der Waals surface area (Å²) in [6.45, 7) is 0. The molecule has 0 N–H and O–H groups in total. The Hall–Kier alpha value is -1.02. The summed E-state index contributed by atoms with van der Waals surface area (Å²) in [5.41, 5.74) is 0. The molecule has 2 nitrogen and oxygen atoms in total. The van der Waals surface area contributed by atoms with Crippen LogP contribution in [0, 0.1) is 0 Å². The summed E-state index contributed by atoms with van der Waals surface area (Å²) in [4.78, 5) is 5.36. The van der Waals surface area contributed by atoms with Gasteiger partial charge in [-0.2, -0.15) is 5.06 Å². The maximum Gasteiger partial charge on any atom is 0.128 e. The van der Waals surface area contributed by atoms with Crippen LogP contribution in [-0.2, 0) is 4.84 Å². The first kappa shape index (κ1) is 8.08. The van der Waals surface area contributed by atoms with E-state index in [1.54, 1.807) is 5.06 Å². The molecule has 0 radical (unpaired) electrons. The Kier molecular flexibility index (Phi) is 2.93. The molecule has 0 spiro atoms. The van der Waals surface area contributed by atoms with Gasteiger partial charge in [-0.05, 0) is 6.08 Å². The molecule has 0 heterocycles. The quantitative estimate of drug-likeness (QED) is 0.559. The fourth-order valence-electron chi connectivity index (χ4n) is 0.860. The van der Waals surface area contributed by atoms with Crippen molar-refractivity contribution in [3.8, 4) is 0 Å². The third-order valence-electron chi connectivity index (χ3n) is 1.26. The monoisotopic (exact) mass is 151 g/mol. The Morgan fingerprint density at radius 2 is 2.09 bits per heavy atom. The molecule has 0 amide bonds. The van der Waals surface area contributed by atoms with Crippen LogP contribution in [0.2, 0.25) is 0 Å². The standard InChI is InChI=1S/C9H13NO/c1-10(2)11-9-7-5-3-4-6-8-9/h3-7H,8H2,1-2H3. The van der Waals surface area contributed by atoms with E-state index in [0.29, 0.717) is 0 Å². The number of hydroxylamine groups is 2. The second-order valence-electron chi connectivity index (χ2n) is 2.55. The highest BCUT2D eigenvalue weighted by atomic mass is 16.7. The molecule has 0 bridgehead atoms. The smallest absolute Gasteiger partial charge is 0.128 e. The Morgan fingerprint density at radius 3 is 2.82 bits per heavy atom. The summed E-state index contributed by atoms with van der Waals surface area (Å²) in [6, 6.07) is 0. The molecule has 11 heavy (non-hydrogen) atoms. The summed E-state index contributed by atoms with van der Waals surface area (Å²) in [5, 5.41) is 1.69. The zero-order valence-corrected chi connectivity index (χ0v) is 6.95. The van der Waals surface area contributed by atoms with Crippen molar-refractivity contribution in [2.24, 2.45) is 0 Å². The van der Waals surface area contributed by atoms with Gasteiger partial charge in [0, 0.05) is 20.5 Å². The highest BCUT2D eigenvalue weighted by Gasteiger charge is 1.97. The molecule has 0 unspecified atom stereocenters. The molecular weight excluding hydrogens is 138 g/mol. The second kappa shape index (κ2) is 3.98. The summed E-state index contributed by atoms with van der Waals surface area (Å²) >= 11 is 0. The van der Waals surface area contributed by atoms with E-state index in [1.807, 2.05) is 38.4 Å². The molecule has 1 rings (SSSR count). The minimum absolute atomic E-state index is 0.866. The highest BCUT2D eigenvalue weighted by Crippen LogP contribution is 2.08. The number of allylic oxidation sites excluding steroid dienone is 5. The number of rotatable bonds is 2. The first-order valence-corrected chi connectivity index (χ1v) is 3.66. The van der Waals surface area contributed by atoms with Crippen LogP contribution in [0.15, 0.2) is 36.1 Å². The summed E-state index contributed by atoms with van der Waals surface area (Å²) in [7, 11) is 3.75. The SMILES string of the molecule is CN(C)OC1=CC=CC=CC1. The van der Waals surface area contributed by atoms with Crippen molar-refractivity contribution in [3.05, 3.63) is 36.1 Å². The maximum absolute atomic E-state index is 5.36. The van der Waals surface area contributed by atoms with Gasteiger partial charge in [-0.1, -0.05) is 24.3 Å². The van der Waals surface area contributed by atoms with E-state index < -0.39 is 0 Å². The topological polar surface area (TPSA) is 12.5 Å². The largest absolute Gasteiger partial charge is 0.411 e. The molecule has 60 valence electrons. The molecular formula is C9H13NO. The Balaban J connectivity index is 2.51. The molecule has 0 atom stereocenters. The fraction of sp³-hybridized carbons (Fsp3) is 0.333. The van der Waals surface area contributed by atoms with Crippen molar-refractivity contribution < 1.29 is 4.84 Å². The van der Waals surface area contributed by atoms with Crippen molar-refractivity contribution in [3.63, 3.8) is 0 Å². The molecule has 1 aliphatic rings. The summed E-state index contributed by atoms with van der Waals surface area (Å²) in [6.07, 6.45) is 10.9. The maximum atomic E-state index is 5.36. The van der Waals surface area contributed by atoms with Gasteiger partial charge >= 0.3 is 0 Å². The first-order valence-electron chi connectivity index (χ1n) is 3.66. The molecule has 0 aromatic carbocycles. The van der Waals surface area contributed by atoms with Gasteiger partial charge in [0.2, 0.25) is 0 Å². The van der Waals surface area contributed by atoms with E-state index in [4.69, 9.17) is 4.84 Å². The summed E-state index contributed by atoms with van der Waals surface area (Å²) < 4.78 is 0. The van der Waals surface area contributed by atoms with Gasteiger partial charge in [0.15, 0.2) is 0 Å². The van der Waals surface area contributed by atoms with E-state index in [0.717, 1.165) is 12.2 Å². The first-order chi connectivity index (χ1) is 5.29. The Morgan fingerprint density at radius 1 is 1.27 bits per heavy atom. The van der Waals surface area contributed by atoms with Crippen molar-refractivity contribution >= 4 is 0 Å². The lowest BCUT2D eigenvalue weighted by molar-refractivity contribution is -0.0751. The van der Waals surface area contributed by atoms with E-state index >= 15 is 0 Å². The van der Waals surface area contributed by atoms with Crippen LogP contribution in [0.25, 0.3) is 0 Å². The predicted octanol–water partition coefficient (Wildman–Crippen LogP) is 1.88. The average Bonchev–Trinajstić information content (AvgIpc) is 2.14. The van der Waals surface area contributed by atoms with Gasteiger partial charge in [-0.15, -0.1) is 0 Å². The third kappa shape index (κ3) is 3.05. The van der Waals surface area contributed by atoms with Gasteiger partial charge in [-0.25, -0.2) is 0 Å². The van der Waals surface area contributed by atoms with Crippen LogP contribution in [0.1, 0.15) is 6.42 Å². The van der Waals surface area contributed by atoms with Gasteiger partial charge in [0.1, 0.15) is 5.76 Å². The normalized spacial score (nSPS) is 16.5. The third-order valence-corrected chi connectivity index (χ3v) is 1.26. The van der Waals surface area contributed by atoms with Crippen LogP contribution < -0.4 is 0 Å². The molecule has 0 saturated carbocycles. The molecule has 2 heteroatoms. The Labute approximate surface area is 67.4 Å². The predicted molar refractivity (Wildman–Crippen MR) is 45.8 cm³/mol. The molecule has 0 saturated heterocycles. The summed E-state index contributed by atoms with van der Waals surface area (Å²) in [5.74, 6) is 0.972. The van der Waals surface area contributed by atoms with Crippen LogP contribution in [-0.4, -0.2) is 19.2 Å². The van der Waals surface area contributed by atoms with Crippen LogP contribution in [0.3, 0.4) is 0 Å². The van der Waals surface area contributed by atoms with Crippen molar-refractivity contribution in [1.82, 2.24) is 5.06 Å². The van der Waals surface area contributed by atoms with Crippen LogP contribution in [0.4, 0.5) is 0 Å². The number of hydrogen-bond acceptors (Lipinski definition) is 2. The van der Waals surface area contributed by atoms with Crippen molar-refractivity contribution in [2.45, 2.75) is 6.42 Å². The molecule has 0 aliphatic heterocycles. The van der Waals surface area contributed by atoms with Gasteiger partial charge in [0.25, 0.3) is 0 Å². The van der Waals surface area contributed by atoms with Gasteiger partial charge < -0.3 is 4.84 Å². The molecule has 0 fully saturated rings. The lowest BCUT2D eigenvalue weighted by Crippen LogP contribution is -2.11. The minimum atomic E-state index is 0.866. The minimum Gasteiger partial charge on any atom is -0.411 e. The molecule has 0 aromatic heterocycles. The van der Waals surface area contributed by atoms with Gasteiger partial charge in [-0.3, -0.25) is 0 Å². The Bertz CT molecular complexity index is 202. The lowest BCUT2D eigenvalue weighted by Gasteiger charge is -2.12. The van der Waals surface area contributed by atoms with E-state index in [9.17, 15) is 0 Å². The second-order valence-corrected chi connectivity index (χ2v) is 2.55. The van der Waals surface area contributed by atoms with E-state index in [2.05, 4.69) is 6.08 Å². The van der Waals surface area contributed by atoms with Crippen LogP contribution in [0.5, 0.6) is 0 Å². The van der Waals surface area contributed by atoms with E-state index in [1.165, 1.54) is 0 Å². The zero-order valence-electron chi connectivity index (χ0n) is 6.95. The number of nitrogens with zero attached hydrogens (tertiary/aromatic N) is 1. The van der Waals surface area contributed by atoms with E-state index in [-0.39, 0.29) is 0 Å². The molecule has 1 aliphatic carbocycles. The number of hydrogen-bond donors (Lipinski definition) is 0. The van der Waals surface area contributed by atoms with Crippen LogP contribution >= 0.6 is 0 Å².